The van der Waals surface area contributed by atoms with Crippen LogP contribution in [0.4, 0.5) is 0 Å². The standard InChI is InChI=1S/C26H38O2.C17H20.C13H14O/c1-5-7-8-9-10-11-12-13-22-15-20(4)26(28)24(17-22)18-23-16-21(6-2)14-19(3)25(23)27;1-12-9-14(3)17(15(4)10-12)11-16-8-6-5-7-13(16)2;1-8-4-5-12-10(3)13(14)9(2)7-11(12)6-8/h14-17,27-28H,5-13,18H2,1-4H3;5-10H,11H2,1-4H3;4-7,14H,1-3H3. The lowest BCUT2D eigenvalue weighted by Crippen LogP contribution is -1.98. The zero-order chi connectivity index (χ0) is 43.2. The van der Waals surface area contributed by atoms with Crippen molar-refractivity contribution < 1.29 is 15.3 Å². The summed E-state index contributed by atoms with van der Waals surface area (Å²) in [5.74, 6) is 1.13. The van der Waals surface area contributed by atoms with Gasteiger partial charge in [-0.05, 0) is 177 Å². The molecule has 59 heavy (non-hydrogen) atoms. The van der Waals surface area contributed by atoms with Crippen LogP contribution in [0.15, 0.2) is 84.9 Å². The number of hydrogen-bond acceptors (Lipinski definition) is 3. The molecule has 0 aliphatic rings. The Morgan fingerprint density at radius 1 is 0.424 bits per heavy atom. The molecule has 0 spiro atoms. The van der Waals surface area contributed by atoms with Gasteiger partial charge in [0.25, 0.3) is 0 Å². The molecule has 3 heteroatoms. The highest BCUT2D eigenvalue weighted by Crippen LogP contribution is 2.33. The van der Waals surface area contributed by atoms with Crippen LogP contribution in [0.25, 0.3) is 10.8 Å². The lowest BCUT2D eigenvalue weighted by atomic mass is 9.93. The number of benzene rings is 6. The maximum absolute atomic E-state index is 10.6. The molecule has 0 fully saturated rings. The van der Waals surface area contributed by atoms with Crippen molar-refractivity contribution >= 4 is 10.8 Å². The smallest absolute Gasteiger partial charge is 0.122 e. The van der Waals surface area contributed by atoms with Gasteiger partial charge in [-0.3, -0.25) is 0 Å². The van der Waals surface area contributed by atoms with E-state index in [1.807, 2.05) is 39.8 Å². The number of phenolic OH excluding ortho intramolecular Hbond substituents is 3. The van der Waals surface area contributed by atoms with E-state index in [0.717, 1.165) is 58.0 Å². The molecule has 0 saturated heterocycles. The summed E-state index contributed by atoms with van der Waals surface area (Å²) in [5, 5.41) is 33.2. The van der Waals surface area contributed by atoms with Gasteiger partial charge in [-0.2, -0.15) is 0 Å². The predicted molar refractivity (Wildman–Crippen MR) is 254 cm³/mol. The summed E-state index contributed by atoms with van der Waals surface area (Å²) in [5.41, 5.74) is 17.8. The Morgan fingerprint density at radius 3 is 1.59 bits per heavy atom. The minimum Gasteiger partial charge on any atom is -0.507 e. The van der Waals surface area contributed by atoms with Crippen molar-refractivity contribution in [2.45, 2.75) is 147 Å². The summed E-state index contributed by atoms with van der Waals surface area (Å²) in [6.45, 7) is 23.1. The van der Waals surface area contributed by atoms with Gasteiger partial charge in [0.1, 0.15) is 17.2 Å². The Hall–Kier alpha value is -5.02. The fourth-order valence-electron chi connectivity index (χ4n) is 8.33. The first-order chi connectivity index (χ1) is 28.1. The maximum Gasteiger partial charge on any atom is 0.122 e. The van der Waals surface area contributed by atoms with Crippen LogP contribution in [0.2, 0.25) is 0 Å². The third kappa shape index (κ3) is 13.2. The van der Waals surface area contributed by atoms with Crippen molar-refractivity contribution in [2.75, 3.05) is 0 Å². The monoisotopic (exact) mass is 793 g/mol. The molecule has 0 unspecified atom stereocenters. The van der Waals surface area contributed by atoms with E-state index in [0.29, 0.717) is 23.7 Å². The van der Waals surface area contributed by atoms with E-state index in [1.54, 1.807) is 0 Å². The van der Waals surface area contributed by atoms with Gasteiger partial charge < -0.3 is 15.3 Å². The first-order valence-corrected chi connectivity index (χ1v) is 22.1. The van der Waals surface area contributed by atoms with Crippen molar-refractivity contribution in [1.29, 1.82) is 0 Å². The van der Waals surface area contributed by atoms with Crippen LogP contribution in [0.5, 0.6) is 17.2 Å². The van der Waals surface area contributed by atoms with Crippen LogP contribution in [0.3, 0.4) is 0 Å². The first kappa shape index (κ1) is 46.7. The van der Waals surface area contributed by atoms with Crippen molar-refractivity contribution in [3.05, 3.63) is 168 Å². The molecule has 0 amide bonds. The van der Waals surface area contributed by atoms with Crippen molar-refractivity contribution in [3.63, 3.8) is 0 Å². The van der Waals surface area contributed by atoms with E-state index in [2.05, 4.69) is 121 Å². The van der Waals surface area contributed by atoms with E-state index in [9.17, 15) is 15.3 Å². The van der Waals surface area contributed by atoms with Crippen LogP contribution in [0.1, 0.15) is 142 Å². The zero-order valence-corrected chi connectivity index (χ0v) is 38.2. The number of hydrogen-bond donors (Lipinski definition) is 3. The second kappa shape index (κ2) is 22.4. The highest BCUT2D eigenvalue weighted by molar-refractivity contribution is 5.89. The van der Waals surface area contributed by atoms with E-state index >= 15 is 0 Å². The number of rotatable bonds is 13. The minimum absolute atomic E-state index is 0.353. The molecular formula is C56H72O3. The molecule has 0 aliphatic heterocycles. The fraction of sp³-hybridized carbons (Fsp3) is 0.393. The maximum atomic E-state index is 10.6. The Labute approximate surface area is 357 Å². The molecule has 314 valence electrons. The lowest BCUT2D eigenvalue weighted by molar-refractivity contribution is 0.458. The van der Waals surface area contributed by atoms with Crippen molar-refractivity contribution in [3.8, 4) is 17.2 Å². The number of phenols is 3. The summed E-state index contributed by atoms with van der Waals surface area (Å²) in [6, 6.07) is 29.9. The van der Waals surface area contributed by atoms with Crippen LogP contribution in [-0.4, -0.2) is 15.3 Å². The van der Waals surface area contributed by atoms with Gasteiger partial charge in [-0.1, -0.05) is 142 Å². The van der Waals surface area contributed by atoms with Gasteiger partial charge in [0.2, 0.25) is 0 Å². The van der Waals surface area contributed by atoms with E-state index in [1.165, 1.54) is 100 Å². The molecule has 3 N–H and O–H groups in total. The molecule has 6 aromatic carbocycles. The molecule has 0 aromatic heterocycles. The van der Waals surface area contributed by atoms with Crippen LogP contribution < -0.4 is 0 Å². The summed E-state index contributed by atoms with van der Waals surface area (Å²) in [4.78, 5) is 0. The van der Waals surface area contributed by atoms with E-state index < -0.39 is 0 Å². The Bertz CT molecular complexity index is 2290. The molecule has 0 heterocycles. The van der Waals surface area contributed by atoms with E-state index in [-0.39, 0.29) is 0 Å². The van der Waals surface area contributed by atoms with E-state index in [4.69, 9.17) is 0 Å². The van der Waals surface area contributed by atoms with Crippen molar-refractivity contribution in [2.24, 2.45) is 0 Å². The molecule has 0 bridgehead atoms. The normalized spacial score (nSPS) is 10.9. The number of fused-ring (bicyclic) bond motifs is 1. The van der Waals surface area contributed by atoms with Crippen LogP contribution >= 0.6 is 0 Å². The minimum atomic E-state index is 0.353. The molecular weight excluding hydrogens is 721 g/mol. The van der Waals surface area contributed by atoms with Crippen LogP contribution in [-0.2, 0) is 25.7 Å². The number of aryl methyl sites for hydroxylation is 11. The Kier molecular flexibility index (Phi) is 17.7. The second-order valence-electron chi connectivity index (χ2n) is 17.1. The lowest BCUT2D eigenvalue weighted by Gasteiger charge is -2.14. The molecule has 0 saturated carbocycles. The summed E-state index contributed by atoms with van der Waals surface area (Å²) in [6.07, 6.45) is 12.8. The van der Waals surface area contributed by atoms with Gasteiger partial charge in [0.15, 0.2) is 0 Å². The van der Waals surface area contributed by atoms with Gasteiger partial charge in [0, 0.05) is 6.42 Å². The number of unbranched alkanes of at least 4 members (excludes halogenated alkanes) is 6. The third-order valence-corrected chi connectivity index (χ3v) is 11.9. The van der Waals surface area contributed by atoms with Gasteiger partial charge in [0.05, 0.1) is 0 Å². The van der Waals surface area contributed by atoms with Crippen molar-refractivity contribution in [1.82, 2.24) is 0 Å². The van der Waals surface area contributed by atoms with Crippen LogP contribution in [0, 0.1) is 62.3 Å². The molecule has 0 radical (unpaired) electrons. The van der Waals surface area contributed by atoms with Gasteiger partial charge in [-0.25, -0.2) is 0 Å². The first-order valence-electron chi connectivity index (χ1n) is 22.1. The quantitative estimate of drug-likeness (QED) is 0.102. The number of aromatic hydroxyl groups is 3. The fourth-order valence-corrected chi connectivity index (χ4v) is 8.33. The second-order valence-corrected chi connectivity index (χ2v) is 17.1. The predicted octanol–water partition coefficient (Wildman–Crippen LogP) is 15.1. The Morgan fingerprint density at radius 2 is 0.983 bits per heavy atom. The Balaban J connectivity index is 0.000000210. The third-order valence-electron chi connectivity index (χ3n) is 11.9. The topological polar surface area (TPSA) is 60.7 Å². The highest BCUT2D eigenvalue weighted by Gasteiger charge is 2.13. The van der Waals surface area contributed by atoms with Gasteiger partial charge in [-0.15, -0.1) is 0 Å². The molecule has 3 nitrogen and oxygen atoms in total. The molecule has 0 aliphatic carbocycles. The summed E-state index contributed by atoms with van der Waals surface area (Å²) >= 11 is 0. The average molecular weight is 793 g/mol. The summed E-state index contributed by atoms with van der Waals surface area (Å²) < 4.78 is 0. The van der Waals surface area contributed by atoms with Gasteiger partial charge >= 0.3 is 0 Å². The molecule has 6 rings (SSSR count). The SMILES string of the molecule is CCCCCCCCCc1cc(C)c(O)c(Cc2cc(CC)cc(C)c2O)c1.Cc1cc(C)c(Cc2ccccc2C)c(C)c1.Cc1ccc2c(C)c(O)c(C)cc2c1. The summed E-state index contributed by atoms with van der Waals surface area (Å²) in [7, 11) is 0. The zero-order valence-electron chi connectivity index (χ0n) is 38.2. The molecule has 6 aromatic rings. The highest BCUT2D eigenvalue weighted by atomic mass is 16.3. The molecule has 0 atom stereocenters. The largest absolute Gasteiger partial charge is 0.507 e. The average Bonchev–Trinajstić information content (AvgIpc) is 3.19.